The largest absolute Gasteiger partial charge is 0.494 e. The third kappa shape index (κ3) is 4.04. The summed E-state index contributed by atoms with van der Waals surface area (Å²) in [5.41, 5.74) is 2.82. The maximum absolute atomic E-state index is 12.0. The van der Waals surface area contributed by atoms with E-state index in [-0.39, 0.29) is 5.91 Å². The van der Waals surface area contributed by atoms with E-state index in [9.17, 15) is 4.79 Å². The quantitative estimate of drug-likeness (QED) is 0.683. The van der Waals surface area contributed by atoms with Gasteiger partial charge in [-0.2, -0.15) is 0 Å². The number of nitrogens with one attached hydrogen (secondary N) is 3. The van der Waals surface area contributed by atoms with Gasteiger partial charge in [-0.3, -0.25) is 4.79 Å². The Hall–Kier alpha value is -2.47. The number of ether oxygens (including phenoxy) is 1. The molecule has 3 aromatic rings. The summed E-state index contributed by atoms with van der Waals surface area (Å²) in [5.74, 6) is 1.08. The molecule has 0 aliphatic carbocycles. The minimum atomic E-state index is -0.0498. The molecule has 0 radical (unpaired) electrons. The lowest BCUT2D eigenvalue weighted by molar-refractivity contribution is -0.396. The summed E-state index contributed by atoms with van der Waals surface area (Å²) in [6, 6.07) is 15.3. The summed E-state index contributed by atoms with van der Waals surface area (Å²) in [6.45, 7) is 2.57. The van der Waals surface area contributed by atoms with Crippen LogP contribution in [0.2, 0.25) is 0 Å². The average Bonchev–Trinajstić information content (AvgIpc) is 2.98. The monoisotopic (exact) mass is 328 g/mol. The molecule has 0 spiro atoms. The molecule has 0 saturated carbocycles. The Morgan fingerprint density at radius 3 is 2.74 bits per heavy atom. The van der Waals surface area contributed by atoms with Gasteiger partial charge in [-0.25, -0.2) is 9.97 Å². The molecule has 0 saturated heterocycles. The van der Waals surface area contributed by atoms with Gasteiger partial charge in [0.25, 0.3) is 0 Å². The number of aromatic nitrogens is 2. The van der Waals surface area contributed by atoms with Crippen LogP contribution in [0.3, 0.4) is 0 Å². The van der Waals surface area contributed by atoms with Crippen molar-refractivity contribution in [2.45, 2.75) is 12.1 Å². The number of benzene rings is 2. The van der Waals surface area contributed by atoms with Crippen molar-refractivity contribution in [2.75, 3.05) is 17.7 Å². The minimum absolute atomic E-state index is 0.0498. The van der Waals surface area contributed by atoms with E-state index in [4.69, 9.17) is 4.74 Å². The second-order valence-corrected chi connectivity index (χ2v) is 5.90. The van der Waals surface area contributed by atoms with Crippen molar-refractivity contribution >= 4 is 34.4 Å². The molecule has 2 aromatic carbocycles. The van der Waals surface area contributed by atoms with Gasteiger partial charge >= 0.3 is 5.16 Å². The van der Waals surface area contributed by atoms with Crippen LogP contribution in [0.1, 0.15) is 6.92 Å². The minimum Gasteiger partial charge on any atom is -0.494 e. The first-order valence-electron chi connectivity index (χ1n) is 7.40. The normalized spacial score (nSPS) is 10.7. The molecule has 23 heavy (non-hydrogen) atoms. The second-order valence-electron chi connectivity index (χ2n) is 4.92. The zero-order valence-electron chi connectivity index (χ0n) is 12.8. The molecule has 0 aliphatic rings. The van der Waals surface area contributed by atoms with E-state index >= 15 is 0 Å². The number of hydrogen-bond acceptors (Lipinski definition) is 3. The van der Waals surface area contributed by atoms with E-state index in [1.807, 2.05) is 55.5 Å². The van der Waals surface area contributed by atoms with E-state index < -0.39 is 0 Å². The van der Waals surface area contributed by atoms with Crippen LogP contribution in [-0.2, 0) is 4.79 Å². The summed E-state index contributed by atoms with van der Waals surface area (Å²) < 4.78 is 5.37. The maximum atomic E-state index is 12.0. The van der Waals surface area contributed by atoms with Gasteiger partial charge in [-0.15, -0.1) is 0 Å². The highest BCUT2D eigenvalue weighted by molar-refractivity contribution is 7.99. The number of para-hydroxylation sites is 2. The van der Waals surface area contributed by atoms with Crippen molar-refractivity contribution in [1.29, 1.82) is 0 Å². The van der Waals surface area contributed by atoms with Crippen molar-refractivity contribution in [3.8, 4) is 5.75 Å². The zero-order valence-corrected chi connectivity index (χ0v) is 13.6. The highest BCUT2D eigenvalue weighted by Gasteiger charge is 2.12. The van der Waals surface area contributed by atoms with Crippen molar-refractivity contribution < 1.29 is 14.5 Å². The molecule has 1 aromatic heterocycles. The number of anilines is 1. The molecule has 1 heterocycles. The van der Waals surface area contributed by atoms with Crippen LogP contribution in [0.15, 0.2) is 53.7 Å². The lowest BCUT2D eigenvalue weighted by atomic mass is 10.3. The molecule has 1 amide bonds. The SMILES string of the molecule is CCOc1ccc(NC(=O)CSc2[nH]c3ccccc3[nH+]2)cc1. The summed E-state index contributed by atoms with van der Waals surface area (Å²) in [5, 5.41) is 3.74. The van der Waals surface area contributed by atoms with Gasteiger partial charge in [0, 0.05) is 5.69 Å². The van der Waals surface area contributed by atoms with Crippen molar-refractivity contribution in [2.24, 2.45) is 0 Å². The Morgan fingerprint density at radius 1 is 1.22 bits per heavy atom. The predicted octanol–water partition coefficient (Wildman–Crippen LogP) is 3.11. The third-order valence-corrected chi connectivity index (χ3v) is 4.12. The van der Waals surface area contributed by atoms with E-state index in [1.165, 1.54) is 11.8 Å². The Bertz CT molecular complexity index is 766. The van der Waals surface area contributed by atoms with Crippen molar-refractivity contribution in [3.05, 3.63) is 48.5 Å². The van der Waals surface area contributed by atoms with E-state index in [0.717, 1.165) is 27.6 Å². The van der Waals surface area contributed by atoms with Crippen LogP contribution >= 0.6 is 11.8 Å². The number of amides is 1. The highest BCUT2D eigenvalue weighted by Crippen LogP contribution is 2.18. The third-order valence-electron chi connectivity index (χ3n) is 3.22. The fraction of sp³-hybridized carbons (Fsp3) is 0.176. The van der Waals surface area contributed by atoms with Gasteiger partial charge in [-0.1, -0.05) is 12.1 Å². The van der Waals surface area contributed by atoms with E-state index in [0.29, 0.717) is 12.4 Å². The molecular formula is C17H18N3O2S+. The Kier molecular flexibility index (Phi) is 4.83. The Balaban J connectivity index is 1.54. The van der Waals surface area contributed by atoms with Crippen LogP contribution < -0.4 is 15.0 Å². The smallest absolute Gasteiger partial charge is 0.315 e. The molecule has 118 valence electrons. The standard InChI is InChI=1S/C17H17N3O2S/c1-2-22-13-9-7-12(8-10-13)18-16(21)11-23-17-19-14-5-3-4-6-15(14)20-17/h3-10H,2,11H2,1H3,(H,18,21)(H,19,20)/p+1. The van der Waals surface area contributed by atoms with E-state index in [1.54, 1.807) is 0 Å². The van der Waals surface area contributed by atoms with Gasteiger partial charge in [0.2, 0.25) is 5.91 Å². The molecule has 0 unspecified atom stereocenters. The van der Waals surface area contributed by atoms with Crippen LogP contribution in [0.25, 0.3) is 11.0 Å². The van der Waals surface area contributed by atoms with Gasteiger partial charge in [0.05, 0.1) is 12.4 Å². The molecule has 0 aliphatic heterocycles. The average molecular weight is 328 g/mol. The molecular weight excluding hydrogens is 310 g/mol. The summed E-state index contributed by atoms with van der Waals surface area (Å²) in [6.07, 6.45) is 0. The maximum Gasteiger partial charge on any atom is 0.315 e. The highest BCUT2D eigenvalue weighted by atomic mass is 32.2. The summed E-state index contributed by atoms with van der Waals surface area (Å²) >= 11 is 1.44. The molecule has 6 heteroatoms. The van der Waals surface area contributed by atoms with Gasteiger partial charge in [0.1, 0.15) is 5.75 Å². The van der Waals surface area contributed by atoms with Gasteiger partial charge in [-0.05, 0) is 55.1 Å². The van der Waals surface area contributed by atoms with Crippen LogP contribution in [-0.4, -0.2) is 23.3 Å². The summed E-state index contributed by atoms with van der Waals surface area (Å²) in [7, 11) is 0. The van der Waals surface area contributed by atoms with Crippen LogP contribution in [0.5, 0.6) is 5.75 Å². The number of carbonyl (C=O) groups is 1. The first-order valence-corrected chi connectivity index (χ1v) is 8.38. The number of rotatable bonds is 6. The number of thioether (sulfide) groups is 1. The van der Waals surface area contributed by atoms with Gasteiger partial charge in [0.15, 0.2) is 11.0 Å². The lowest BCUT2D eigenvalue weighted by Crippen LogP contribution is -2.15. The molecule has 0 atom stereocenters. The van der Waals surface area contributed by atoms with E-state index in [2.05, 4.69) is 15.3 Å². The van der Waals surface area contributed by atoms with Gasteiger partial charge < -0.3 is 10.1 Å². The molecule has 0 bridgehead atoms. The Morgan fingerprint density at radius 2 is 2.00 bits per heavy atom. The summed E-state index contributed by atoms with van der Waals surface area (Å²) in [4.78, 5) is 18.5. The number of aromatic amines is 2. The molecule has 0 fully saturated rings. The van der Waals surface area contributed by atoms with Crippen molar-refractivity contribution in [3.63, 3.8) is 0 Å². The van der Waals surface area contributed by atoms with Crippen molar-refractivity contribution in [1.82, 2.24) is 4.98 Å². The fourth-order valence-electron chi connectivity index (χ4n) is 2.19. The number of carbonyl (C=O) groups excluding carboxylic acids is 1. The fourth-order valence-corrected chi connectivity index (χ4v) is 2.90. The molecule has 5 nitrogen and oxygen atoms in total. The zero-order chi connectivity index (χ0) is 16.1. The number of imidazole rings is 1. The first kappa shape index (κ1) is 15.4. The van der Waals surface area contributed by atoms with Crippen LogP contribution in [0.4, 0.5) is 5.69 Å². The lowest BCUT2D eigenvalue weighted by Gasteiger charge is -2.06. The predicted molar refractivity (Wildman–Crippen MR) is 91.8 cm³/mol. The molecule has 3 rings (SSSR count). The second kappa shape index (κ2) is 7.19. The number of H-pyrrole nitrogens is 2. The number of fused-ring (bicyclic) bond motifs is 1. The topological polar surface area (TPSA) is 68.3 Å². The first-order chi connectivity index (χ1) is 11.2. The Labute approximate surface area is 138 Å². The number of hydrogen-bond donors (Lipinski definition) is 2. The molecule has 3 N–H and O–H groups in total. The van der Waals surface area contributed by atoms with Crippen LogP contribution in [0, 0.1) is 0 Å².